The van der Waals surface area contributed by atoms with Gasteiger partial charge < -0.3 is 10.2 Å². The third-order valence-electron chi connectivity index (χ3n) is 3.47. The molecule has 2 atom stereocenters. The number of carbonyl (C=O) groups excluding carboxylic acids is 1. The maximum Gasteiger partial charge on any atom is 0.236 e. The first-order chi connectivity index (χ1) is 9.08. The molecule has 1 aromatic carbocycles. The third-order valence-corrected chi connectivity index (χ3v) is 4.57. The number of hydrogen-bond donors (Lipinski definition) is 1. The van der Waals surface area contributed by atoms with Gasteiger partial charge in [-0.25, -0.2) is 0 Å². The highest BCUT2D eigenvalue weighted by Gasteiger charge is 2.27. The average molecular weight is 278 g/mol. The summed E-state index contributed by atoms with van der Waals surface area (Å²) in [6.45, 7) is 8.80. The van der Waals surface area contributed by atoms with Gasteiger partial charge in [-0.2, -0.15) is 0 Å². The van der Waals surface area contributed by atoms with E-state index in [0.29, 0.717) is 6.04 Å². The van der Waals surface area contributed by atoms with E-state index in [0.717, 1.165) is 24.5 Å². The molecule has 0 aromatic heterocycles. The van der Waals surface area contributed by atoms with E-state index in [9.17, 15) is 4.79 Å². The fraction of sp³-hybridized carbons (Fsp3) is 0.533. The summed E-state index contributed by atoms with van der Waals surface area (Å²) in [5.74, 6) is 0.250. The molecule has 0 aliphatic carbocycles. The molecule has 1 aliphatic rings. The van der Waals surface area contributed by atoms with Crippen LogP contribution in [0.4, 0.5) is 0 Å². The van der Waals surface area contributed by atoms with Crippen molar-refractivity contribution in [3.05, 3.63) is 29.8 Å². The molecular weight excluding hydrogens is 256 g/mol. The Hall–Kier alpha value is -1.00. The minimum absolute atomic E-state index is 0.0248. The van der Waals surface area contributed by atoms with Crippen LogP contribution >= 0.6 is 11.8 Å². The minimum Gasteiger partial charge on any atom is -0.336 e. The van der Waals surface area contributed by atoms with Crippen LogP contribution in [0.1, 0.15) is 19.4 Å². The quantitative estimate of drug-likeness (QED) is 0.861. The van der Waals surface area contributed by atoms with Crippen LogP contribution in [0.3, 0.4) is 0 Å². The number of nitrogens with zero attached hydrogens (tertiary/aromatic N) is 1. The lowest BCUT2D eigenvalue weighted by Crippen LogP contribution is -2.54. The van der Waals surface area contributed by atoms with E-state index in [2.05, 4.69) is 43.4 Å². The van der Waals surface area contributed by atoms with Crippen LogP contribution in [-0.2, 0) is 4.79 Å². The van der Waals surface area contributed by atoms with Crippen LogP contribution < -0.4 is 5.32 Å². The zero-order valence-electron chi connectivity index (χ0n) is 11.8. The standard InChI is InChI=1S/C15H22N2OS/c1-11-4-6-14(7-5-11)19-13(3)15(18)17-9-8-16-10-12(17)2/h4-7,12-13,16H,8-10H2,1-3H3/t12-,13?/m0/s1. The molecule has 2 rings (SSSR count). The summed E-state index contributed by atoms with van der Waals surface area (Å²) in [6.07, 6.45) is 0. The van der Waals surface area contributed by atoms with Gasteiger partial charge in [0.15, 0.2) is 0 Å². The van der Waals surface area contributed by atoms with E-state index in [1.807, 2.05) is 11.8 Å². The van der Waals surface area contributed by atoms with Crippen LogP contribution in [0.5, 0.6) is 0 Å². The molecule has 1 unspecified atom stereocenters. The second kappa shape index (κ2) is 6.44. The molecule has 1 amide bonds. The zero-order chi connectivity index (χ0) is 13.8. The minimum atomic E-state index is -0.0248. The Bertz CT molecular complexity index is 432. The zero-order valence-corrected chi connectivity index (χ0v) is 12.7. The number of carbonyl (C=O) groups is 1. The molecule has 1 saturated heterocycles. The van der Waals surface area contributed by atoms with Gasteiger partial charge in [-0.3, -0.25) is 4.79 Å². The molecule has 1 N–H and O–H groups in total. The van der Waals surface area contributed by atoms with Crippen LogP contribution in [0.15, 0.2) is 29.2 Å². The Kier molecular flexibility index (Phi) is 4.88. The molecule has 1 aromatic rings. The Morgan fingerprint density at radius 1 is 1.42 bits per heavy atom. The number of nitrogens with one attached hydrogen (secondary N) is 1. The van der Waals surface area contributed by atoms with Crippen molar-refractivity contribution in [2.75, 3.05) is 19.6 Å². The first-order valence-corrected chi connectivity index (χ1v) is 7.70. The van der Waals surface area contributed by atoms with Gasteiger partial charge in [0.1, 0.15) is 0 Å². The Balaban J connectivity index is 1.96. The second-order valence-electron chi connectivity index (χ2n) is 5.16. The molecule has 4 heteroatoms. The van der Waals surface area contributed by atoms with Crippen LogP contribution in [0.2, 0.25) is 0 Å². The van der Waals surface area contributed by atoms with E-state index >= 15 is 0 Å². The maximum absolute atomic E-state index is 12.5. The van der Waals surface area contributed by atoms with Crippen LogP contribution in [0.25, 0.3) is 0 Å². The van der Waals surface area contributed by atoms with Crippen molar-refractivity contribution in [2.45, 2.75) is 37.0 Å². The molecule has 0 bridgehead atoms. The van der Waals surface area contributed by atoms with Crippen molar-refractivity contribution in [3.63, 3.8) is 0 Å². The van der Waals surface area contributed by atoms with Gasteiger partial charge in [-0.05, 0) is 32.9 Å². The van der Waals surface area contributed by atoms with Crippen molar-refractivity contribution < 1.29 is 4.79 Å². The normalized spacial score (nSPS) is 21.2. The average Bonchev–Trinajstić information content (AvgIpc) is 2.41. The Labute approximate surface area is 119 Å². The van der Waals surface area contributed by atoms with Gasteiger partial charge in [0, 0.05) is 30.6 Å². The van der Waals surface area contributed by atoms with Gasteiger partial charge in [0.25, 0.3) is 0 Å². The van der Waals surface area contributed by atoms with E-state index in [4.69, 9.17) is 0 Å². The Morgan fingerprint density at radius 2 is 2.11 bits per heavy atom. The summed E-state index contributed by atoms with van der Waals surface area (Å²) in [5.41, 5.74) is 1.25. The number of amides is 1. The predicted molar refractivity (Wildman–Crippen MR) is 80.5 cm³/mol. The summed E-state index contributed by atoms with van der Waals surface area (Å²) in [6, 6.07) is 8.65. The monoisotopic (exact) mass is 278 g/mol. The maximum atomic E-state index is 12.5. The van der Waals surface area contributed by atoms with Gasteiger partial charge >= 0.3 is 0 Å². The first kappa shape index (κ1) is 14.4. The number of aryl methyl sites for hydroxylation is 1. The smallest absolute Gasteiger partial charge is 0.236 e. The number of rotatable bonds is 3. The molecular formula is C15H22N2OS. The highest BCUT2D eigenvalue weighted by molar-refractivity contribution is 8.00. The van der Waals surface area contributed by atoms with E-state index in [1.54, 1.807) is 11.8 Å². The van der Waals surface area contributed by atoms with Gasteiger partial charge in [0.2, 0.25) is 5.91 Å². The van der Waals surface area contributed by atoms with E-state index < -0.39 is 0 Å². The highest BCUT2D eigenvalue weighted by atomic mass is 32.2. The Morgan fingerprint density at radius 3 is 2.74 bits per heavy atom. The van der Waals surface area contributed by atoms with E-state index in [-0.39, 0.29) is 11.2 Å². The predicted octanol–water partition coefficient (Wildman–Crippen LogP) is 2.30. The van der Waals surface area contributed by atoms with Crippen LogP contribution in [-0.4, -0.2) is 41.7 Å². The molecule has 0 radical (unpaired) electrons. The molecule has 1 heterocycles. The summed E-state index contributed by atoms with van der Waals surface area (Å²) >= 11 is 1.64. The number of benzene rings is 1. The lowest BCUT2D eigenvalue weighted by molar-refractivity contribution is -0.133. The fourth-order valence-electron chi connectivity index (χ4n) is 2.27. The highest BCUT2D eigenvalue weighted by Crippen LogP contribution is 2.25. The van der Waals surface area contributed by atoms with Gasteiger partial charge in [-0.1, -0.05) is 17.7 Å². The van der Waals surface area contributed by atoms with E-state index in [1.165, 1.54) is 5.56 Å². The number of thioether (sulfide) groups is 1. The van der Waals surface area contributed by atoms with Gasteiger partial charge in [0.05, 0.1) is 5.25 Å². The molecule has 1 aliphatic heterocycles. The van der Waals surface area contributed by atoms with Crippen LogP contribution in [0, 0.1) is 6.92 Å². The molecule has 0 spiro atoms. The second-order valence-corrected chi connectivity index (χ2v) is 6.57. The van der Waals surface area contributed by atoms with Crippen molar-refractivity contribution in [1.82, 2.24) is 10.2 Å². The largest absolute Gasteiger partial charge is 0.336 e. The fourth-order valence-corrected chi connectivity index (χ4v) is 3.21. The summed E-state index contributed by atoms with van der Waals surface area (Å²) in [5, 5.41) is 3.29. The summed E-state index contributed by atoms with van der Waals surface area (Å²) < 4.78 is 0. The molecule has 0 saturated carbocycles. The number of hydrogen-bond acceptors (Lipinski definition) is 3. The van der Waals surface area contributed by atoms with Crippen molar-refractivity contribution >= 4 is 17.7 Å². The SMILES string of the molecule is Cc1ccc(SC(C)C(=O)N2CCNC[C@@H]2C)cc1. The third kappa shape index (κ3) is 3.74. The first-order valence-electron chi connectivity index (χ1n) is 6.82. The number of piperazine rings is 1. The summed E-state index contributed by atoms with van der Waals surface area (Å²) in [7, 11) is 0. The topological polar surface area (TPSA) is 32.3 Å². The molecule has 104 valence electrons. The lowest BCUT2D eigenvalue weighted by atomic mass is 10.2. The van der Waals surface area contributed by atoms with Gasteiger partial charge in [-0.15, -0.1) is 11.8 Å². The molecule has 19 heavy (non-hydrogen) atoms. The van der Waals surface area contributed by atoms with Crippen molar-refractivity contribution in [2.24, 2.45) is 0 Å². The van der Waals surface area contributed by atoms with Crippen molar-refractivity contribution in [3.8, 4) is 0 Å². The summed E-state index contributed by atoms with van der Waals surface area (Å²) in [4.78, 5) is 15.6. The molecule has 1 fully saturated rings. The molecule has 3 nitrogen and oxygen atoms in total. The van der Waals surface area contributed by atoms with Crippen molar-refractivity contribution in [1.29, 1.82) is 0 Å². The lowest BCUT2D eigenvalue weighted by Gasteiger charge is -2.35.